The average molecular weight is 418 g/mol. The zero-order chi connectivity index (χ0) is 19.8. The Bertz CT molecular complexity index is 1310. The molecule has 5 aromatic rings. The van der Waals surface area contributed by atoms with Crippen LogP contribution in [0.15, 0.2) is 66.3 Å². The van der Waals surface area contributed by atoms with E-state index in [0.717, 1.165) is 50.1 Å². The number of hydrogen-bond donors (Lipinski definition) is 2. The number of fused-ring (bicyclic) bond motifs is 1. The molecule has 0 saturated carbocycles. The first-order valence-corrected chi connectivity index (χ1v) is 10.3. The fraction of sp³-hybridized carbons (Fsp3) is 0.0455. The maximum Gasteiger partial charge on any atom is 0.187 e. The molecule has 5 rings (SSSR count). The Morgan fingerprint density at radius 2 is 1.93 bits per heavy atom. The van der Waals surface area contributed by atoms with E-state index >= 15 is 0 Å². The van der Waals surface area contributed by atoms with Crippen LogP contribution < -0.4 is 5.32 Å². The Kier molecular flexibility index (Phi) is 4.50. The molecule has 0 spiro atoms. The first-order chi connectivity index (χ1) is 14.2. The second-order valence-corrected chi connectivity index (χ2v) is 7.98. The number of hydrogen-bond acceptors (Lipinski definition) is 5. The molecule has 142 valence electrons. The Hall–Kier alpha value is -3.22. The van der Waals surface area contributed by atoms with Gasteiger partial charge in [0.05, 0.1) is 16.7 Å². The Balaban J connectivity index is 1.46. The number of rotatable bonds is 4. The molecule has 0 radical (unpaired) electrons. The highest BCUT2D eigenvalue weighted by atomic mass is 35.5. The molecule has 0 fully saturated rings. The smallest absolute Gasteiger partial charge is 0.187 e. The lowest BCUT2D eigenvalue weighted by Crippen LogP contribution is -1.93. The van der Waals surface area contributed by atoms with Crippen LogP contribution in [0.4, 0.5) is 10.8 Å². The van der Waals surface area contributed by atoms with Gasteiger partial charge in [-0.3, -0.25) is 4.98 Å². The molecule has 2 aromatic carbocycles. The number of anilines is 2. The van der Waals surface area contributed by atoms with Gasteiger partial charge >= 0.3 is 0 Å². The minimum atomic E-state index is 0.690. The summed E-state index contributed by atoms with van der Waals surface area (Å²) in [6.07, 6.45) is 3.58. The average Bonchev–Trinajstić information content (AvgIpc) is 3.36. The number of aromatic amines is 1. The van der Waals surface area contributed by atoms with Crippen molar-refractivity contribution < 1.29 is 0 Å². The third kappa shape index (κ3) is 3.60. The number of nitrogens with one attached hydrogen (secondary N) is 2. The lowest BCUT2D eigenvalue weighted by Gasteiger charge is -2.06. The van der Waals surface area contributed by atoms with E-state index in [1.165, 1.54) is 0 Å². The van der Waals surface area contributed by atoms with E-state index in [1.807, 2.05) is 48.0 Å². The molecule has 0 saturated heterocycles. The molecule has 3 heterocycles. The maximum absolute atomic E-state index is 6.12. The minimum Gasteiger partial charge on any atom is -0.338 e. The largest absolute Gasteiger partial charge is 0.338 e. The molecule has 3 aromatic heterocycles. The van der Waals surface area contributed by atoms with Crippen LogP contribution in [0, 0.1) is 6.92 Å². The summed E-state index contributed by atoms with van der Waals surface area (Å²) in [7, 11) is 0. The number of aromatic nitrogens is 4. The predicted molar refractivity (Wildman–Crippen MR) is 120 cm³/mol. The molecule has 0 aliphatic rings. The lowest BCUT2D eigenvalue weighted by atomic mass is 10.2. The fourth-order valence-corrected chi connectivity index (χ4v) is 4.08. The van der Waals surface area contributed by atoms with Crippen molar-refractivity contribution in [3.8, 4) is 22.6 Å². The summed E-state index contributed by atoms with van der Waals surface area (Å²) >= 11 is 7.69. The summed E-state index contributed by atoms with van der Waals surface area (Å²) in [6.45, 7) is 2.06. The lowest BCUT2D eigenvalue weighted by molar-refractivity contribution is 1.30. The molecule has 7 heteroatoms. The highest BCUT2D eigenvalue weighted by molar-refractivity contribution is 7.14. The van der Waals surface area contributed by atoms with Gasteiger partial charge in [-0.05, 0) is 48.9 Å². The van der Waals surface area contributed by atoms with Crippen molar-refractivity contribution in [2.45, 2.75) is 6.92 Å². The van der Waals surface area contributed by atoms with Gasteiger partial charge in [-0.1, -0.05) is 23.7 Å². The van der Waals surface area contributed by atoms with Crippen LogP contribution in [-0.2, 0) is 0 Å². The summed E-state index contributed by atoms with van der Waals surface area (Å²) in [6, 6.07) is 15.7. The highest BCUT2D eigenvalue weighted by Crippen LogP contribution is 2.31. The summed E-state index contributed by atoms with van der Waals surface area (Å²) in [4.78, 5) is 16.9. The van der Waals surface area contributed by atoms with Gasteiger partial charge < -0.3 is 10.3 Å². The molecule has 0 unspecified atom stereocenters. The highest BCUT2D eigenvalue weighted by Gasteiger charge is 2.11. The van der Waals surface area contributed by atoms with E-state index in [0.29, 0.717) is 5.02 Å². The van der Waals surface area contributed by atoms with Crippen LogP contribution >= 0.6 is 22.9 Å². The molecule has 0 aliphatic carbocycles. The second-order valence-electron chi connectivity index (χ2n) is 6.68. The Labute approximate surface area is 176 Å². The standard InChI is InChI=1S/C22H16ClN5S/c1-13-8-18-19(26-21(25-18)14-4-2-6-16(23)9-14)10-17(13)27-22-28-20(12-29-22)15-5-3-7-24-11-15/h2-12H,1H3,(H,25,26)(H,27,28). The molecule has 0 aliphatic heterocycles. The third-order valence-electron chi connectivity index (χ3n) is 4.63. The van der Waals surface area contributed by atoms with Crippen molar-refractivity contribution >= 4 is 44.8 Å². The SMILES string of the molecule is Cc1cc2nc(-c3cccc(Cl)c3)[nH]c2cc1Nc1nc(-c2cccnc2)cs1. The summed E-state index contributed by atoms with van der Waals surface area (Å²) in [5.74, 6) is 0.798. The van der Waals surface area contributed by atoms with E-state index < -0.39 is 0 Å². The van der Waals surface area contributed by atoms with E-state index in [4.69, 9.17) is 16.6 Å². The van der Waals surface area contributed by atoms with Crippen LogP contribution in [0.3, 0.4) is 0 Å². The number of aryl methyl sites for hydroxylation is 1. The predicted octanol–water partition coefficient (Wildman–Crippen LogP) is 6.45. The van der Waals surface area contributed by atoms with E-state index in [1.54, 1.807) is 17.5 Å². The summed E-state index contributed by atoms with van der Waals surface area (Å²) < 4.78 is 0. The quantitative estimate of drug-likeness (QED) is 0.352. The van der Waals surface area contributed by atoms with Crippen molar-refractivity contribution in [2.75, 3.05) is 5.32 Å². The zero-order valence-corrected chi connectivity index (χ0v) is 17.1. The van der Waals surface area contributed by atoms with Gasteiger partial charge in [0.25, 0.3) is 0 Å². The molecule has 0 bridgehead atoms. The maximum atomic E-state index is 6.12. The van der Waals surface area contributed by atoms with Gasteiger partial charge in [-0.25, -0.2) is 9.97 Å². The van der Waals surface area contributed by atoms with Crippen LogP contribution in [-0.4, -0.2) is 19.9 Å². The van der Waals surface area contributed by atoms with E-state index in [-0.39, 0.29) is 0 Å². The van der Waals surface area contributed by atoms with Crippen LogP contribution in [0.1, 0.15) is 5.56 Å². The fourth-order valence-electron chi connectivity index (χ4n) is 3.16. The Morgan fingerprint density at radius 1 is 1.03 bits per heavy atom. The van der Waals surface area contributed by atoms with Crippen LogP contribution in [0.5, 0.6) is 0 Å². The van der Waals surface area contributed by atoms with Crippen molar-refractivity contribution in [3.05, 3.63) is 76.9 Å². The number of benzene rings is 2. The number of thiazole rings is 1. The van der Waals surface area contributed by atoms with Gasteiger partial charge in [0, 0.05) is 39.6 Å². The van der Waals surface area contributed by atoms with Gasteiger partial charge in [-0.15, -0.1) is 11.3 Å². The molecule has 0 atom stereocenters. The normalized spacial score (nSPS) is 11.1. The minimum absolute atomic E-state index is 0.690. The molecule has 29 heavy (non-hydrogen) atoms. The first kappa shape index (κ1) is 17.8. The second kappa shape index (κ2) is 7.31. The van der Waals surface area contributed by atoms with Gasteiger partial charge in [0.2, 0.25) is 0 Å². The first-order valence-electron chi connectivity index (χ1n) is 9.05. The monoisotopic (exact) mass is 417 g/mol. The topological polar surface area (TPSA) is 66.5 Å². The molecule has 5 nitrogen and oxygen atoms in total. The molecular weight excluding hydrogens is 402 g/mol. The number of halogens is 1. The molecular formula is C22H16ClN5S. The van der Waals surface area contributed by atoms with Crippen molar-refractivity contribution in [1.82, 2.24) is 19.9 Å². The number of imidazole rings is 1. The van der Waals surface area contributed by atoms with Crippen molar-refractivity contribution in [3.63, 3.8) is 0 Å². The number of H-pyrrole nitrogens is 1. The number of nitrogens with zero attached hydrogens (tertiary/aromatic N) is 3. The van der Waals surface area contributed by atoms with E-state index in [2.05, 4.69) is 39.3 Å². The number of pyridine rings is 1. The zero-order valence-electron chi connectivity index (χ0n) is 15.5. The van der Waals surface area contributed by atoms with Crippen LogP contribution in [0.25, 0.3) is 33.7 Å². The summed E-state index contributed by atoms with van der Waals surface area (Å²) in [5.41, 5.74) is 6.83. The third-order valence-corrected chi connectivity index (χ3v) is 5.62. The Morgan fingerprint density at radius 3 is 2.76 bits per heavy atom. The van der Waals surface area contributed by atoms with Gasteiger partial charge in [-0.2, -0.15) is 0 Å². The van der Waals surface area contributed by atoms with E-state index in [9.17, 15) is 0 Å². The molecule has 0 amide bonds. The van der Waals surface area contributed by atoms with Gasteiger partial charge in [0.1, 0.15) is 5.82 Å². The molecule has 2 N–H and O–H groups in total. The summed E-state index contributed by atoms with van der Waals surface area (Å²) in [5, 5.41) is 6.98. The van der Waals surface area contributed by atoms with Gasteiger partial charge in [0.15, 0.2) is 5.13 Å². The van der Waals surface area contributed by atoms with Crippen LogP contribution in [0.2, 0.25) is 5.02 Å². The van der Waals surface area contributed by atoms with Crippen molar-refractivity contribution in [1.29, 1.82) is 0 Å². The van der Waals surface area contributed by atoms with Crippen molar-refractivity contribution in [2.24, 2.45) is 0 Å².